The molecule has 0 spiro atoms. The van der Waals surface area contributed by atoms with Crippen molar-refractivity contribution in [2.75, 3.05) is 13.3 Å². The third kappa shape index (κ3) is 3.06. The summed E-state index contributed by atoms with van der Waals surface area (Å²) in [7, 11) is 0. The van der Waals surface area contributed by atoms with Crippen molar-refractivity contribution in [1.82, 2.24) is 9.88 Å². The maximum absolute atomic E-state index is 12.5. The Labute approximate surface area is 140 Å². The minimum atomic E-state index is -0.245. The first-order chi connectivity index (χ1) is 11.7. The SMILES string of the molecule is CCCCCNC(=O)c1c(C#N)ccn1-c1ccc2c(c1)OCO2. The molecule has 6 nitrogen and oxygen atoms in total. The van der Waals surface area contributed by atoms with Crippen molar-refractivity contribution >= 4 is 5.91 Å². The molecule has 1 aromatic carbocycles. The number of rotatable bonds is 6. The zero-order chi connectivity index (χ0) is 16.9. The first kappa shape index (κ1) is 15.9. The monoisotopic (exact) mass is 325 g/mol. The summed E-state index contributed by atoms with van der Waals surface area (Å²) in [5.41, 5.74) is 1.44. The average molecular weight is 325 g/mol. The van der Waals surface area contributed by atoms with Gasteiger partial charge in [0, 0.05) is 24.5 Å². The van der Waals surface area contributed by atoms with Crippen molar-refractivity contribution in [3.8, 4) is 23.3 Å². The van der Waals surface area contributed by atoms with E-state index < -0.39 is 0 Å². The van der Waals surface area contributed by atoms with Gasteiger partial charge in [-0.05, 0) is 24.6 Å². The molecule has 1 amide bonds. The predicted octanol–water partition coefficient (Wildman–Crippen LogP) is 3.00. The summed E-state index contributed by atoms with van der Waals surface area (Å²) in [6, 6.07) is 9.16. The van der Waals surface area contributed by atoms with Gasteiger partial charge in [-0.15, -0.1) is 0 Å². The van der Waals surface area contributed by atoms with Crippen molar-refractivity contribution in [3.05, 3.63) is 41.7 Å². The van der Waals surface area contributed by atoms with Crippen molar-refractivity contribution in [3.63, 3.8) is 0 Å². The fourth-order valence-corrected chi connectivity index (χ4v) is 2.67. The lowest BCUT2D eigenvalue weighted by atomic mass is 10.2. The van der Waals surface area contributed by atoms with Gasteiger partial charge in [-0.25, -0.2) is 0 Å². The second kappa shape index (κ2) is 7.09. The Morgan fingerprint density at radius 1 is 1.29 bits per heavy atom. The van der Waals surface area contributed by atoms with E-state index in [0.717, 1.165) is 24.9 Å². The highest BCUT2D eigenvalue weighted by Crippen LogP contribution is 2.34. The van der Waals surface area contributed by atoms with E-state index in [4.69, 9.17) is 9.47 Å². The molecular weight excluding hydrogens is 306 g/mol. The van der Waals surface area contributed by atoms with Crippen molar-refractivity contribution in [2.24, 2.45) is 0 Å². The number of fused-ring (bicyclic) bond motifs is 1. The first-order valence-electron chi connectivity index (χ1n) is 8.04. The van der Waals surface area contributed by atoms with Crippen LogP contribution in [0.2, 0.25) is 0 Å². The summed E-state index contributed by atoms with van der Waals surface area (Å²) in [5, 5.41) is 12.2. The van der Waals surface area contributed by atoms with Gasteiger partial charge in [0.2, 0.25) is 6.79 Å². The summed E-state index contributed by atoms with van der Waals surface area (Å²) in [6.07, 6.45) is 4.80. The fraction of sp³-hybridized carbons (Fsp3) is 0.333. The molecule has 1 aromatic heterocycles. The molecular formula is C18H19N3O3. The molecule has 1 aliphatic heterocycles. The van der Waals surface area contributed by atoms with Gasteiger partial charge in [0.1, 0.15) is 11.8 Å². The topological polar surface area (TPSA) is 76.3 Å². The third-order valence-electron chi connectivity index (χ3n) is 3.92. The molecule has 6 heteroatoms. The molecule has 0 fully saturated rings. The largest absolute Gasteiger partial charge is 0.454 e. The van der Waals surface area contributed by atoms with Crippen molar-refractivity contribution in [2.45, 2.75) is 26.2 Å². The zero-order valence-electron chi connectivity index (χ0n) is 13.5. The van der Waals surface area contributed by atoms with Crippen LogP contribution >= 0.6 is 0 Å². The number of benzene rings is 1. The summed E-state index contributed by atoms with van der Waals surface area (Å²) in [5.74, 6) is 1.07. The Hall–Kier alpha value is -2.94. The lowest BCUT2D eigenvalue weighted by Gasteiger charge is -2.11. The highest BCUT2D eigenvalue weighted by molar-refractivity contribution is 5.95. The lowest BCUT2D eigenvalue weighted by molar-refractivity contribution is 0.0946. The standard InChI is InChI=1S/C18H19N3O3/c1-2-3-4-8-20-18(22)17-13(11-19)7-9-21(17)14-5-6-15-16(10-14)24-12-23-15/h5-7,9-10H,2-4,8,12H2,1H3,(H,20,22). The van der Waals surface area contributed by atoms with Crippen LogP contribution in [0.3, 0.4) is 0 Å². The van der Waals surface area contributed by atoms with E-state index in [0.29, 0.717) is 29.3 Å². The number of aromatic nitrogens is 1. The first-order valence-corrected chi connectivity index (χ1v) is 8.04. The molecule has 0 saturated heterocycles. The number of nitrogens with zero attached hydrogens (tertiary/aromatic N) is 2. The molecule has 1 N–H and O–H groups in total. The Kier molecular flexibility index (Phi) is 4.71. The quantitative estimate of drug-likeness (QED) is 0.828. The number of hydrogen-bond acceptors (Lipinski definition) is 4. The number of carbonyl (C=O) groups is 1. The van der Waals surface area contributed by atoms with Crippen LogP contribution in [0.1, 0.15) is 42.2 Å². The van der Waals surface area contributed by atoms with Gasteiger partial charge in [0.05, 0.1) is 5.56 Å². The molecule has 124 valence electrons. The van der Waals surface area contributed by atoms with Gasteiger partial charge >= 0.3 is 0 Å². The molecule has 0 bridgehead atoms. The Balaban J connectivity index is 1.88. The van der Waals surface area contributed by atoms with Crippen LogP contribution in [0.15, 0.2) is 30.5 Å². The molecule has 2 heterocycles. The van der Waals surface area contributed by atoms with Crippen LogP contribution in [-0.2, 0) is 0 Å². The van der Waals surface area contributed by atoms with E-state index >= 15 is 0 Å². The van der Waals surface area contributed by atoms with Crippen LogP contribution in [-0.4, -0.2) is 23.8 Å². The summed E-state index contributed by atoms with van der Waals surface area (Å²) >= 11 is 0. The number of unbranched alkanes of at least 4 members (excludes halogenated alkanes) is 2. The number of carbonyl (C=O) groups excluding carboxylic acids is 1. The average Bonchev–Trinajstić information content (AvgIpc) is 3.23. The molecule has 0 saturated carbocycles. The summed E-state index contributed by atoms with van der Waals surface area (Å²) < 4.78 is 12.4. The van der Waals surface area contributed by atoms with Gasteiger partial charge in [0.25, 0.3) is 5.91 Å². The smallest absolute Gasteiger partial charge is 0.269 e. The van der Waals surface area contributed by atoms with Gasteiger partial charge in [0.15, 0.2) is 11.5 Å². The van der Waals surface area contributed by atoms with Crippen LogP contribution in [0.25, 0.3) is 5.69 Å². The third-order valence-corrected chi connectivity index (χ3v) is 3.92. The van der Waals surface area contributed by atoms with E-state index in [2.05, 4.69) is 18.3 Å². The summed E-state index contributed by atoms with van der Waals surface area (Å²) in [4.78, 5) is 12.5. The number of nitriles is 1. The molecule has 2 aromatic rings. The van der Waals surface area contributed by atoms with E-state index in [1.807, 2.05) is 6.07 Å². The second-order valence-corrected chi connectivity index (χ2v) is 5.56. The van der Waals surface area contributed by atoms with Crippen molar-refractivity contribution in [1.29, 1.82) is 5.26 Å². The maximum atomic E-state index is 12.5. The number of hydrogen-bond donors (Lipinski definition) is 1. The van der Waals surface area contributed by atoms with E-state index in [1.54, 1.807) is 29.0 Å². The molecule has 0 unspecified atom stereocenters. The number of amides is 1. The van der Waals surface area contributed by atoms with Crippen LogP contribution in [0.4, 0.5) is 0 Å². The highest BCUT2D eigenvalue weighted by Gasteiger charge is 2.20. The van der Waals surface area contributed by atoms with E-state index in [-0.39, 0.29) is 12.7 Å². The normalized spacial score (nSPS) is 12.0. The van der Waals surface area contributed by atoms with E-state index in [1.165, 1.54) is 0 Å². The van der Waals surface area contributed by atoms with Crippen molar-refractivity contribution < 1.29 is 14.3 Å². The molecule has 0 aliphatic carbocycles. The molecule has 1 aliphatic rings. The number of ether oxygens (including phenoxy) is 2. The fourth-order valence-electron chi connectivity index (χ4n) is 2.67. The zero-order valence-corrected chi connectivity index (χ0v) is 13.5. The minimum Gasteiger partial charge on any atom is -0.454 e. The van der Waals surface area contributed by atoms with Gasteiger partial charge < -0.3 is 19.4 Å². The van der Waals surface area contributed by atoms with E-state index in [9.17, 15) is 10.1 Å². The molecule has 0 atom stereocenters. The Morgan fingerprint density at radius 2 is 2.12 bits per heavy atom. The van der Waals surface area contributed by atoms with Gasteiger partial charge in [-0.2, -0.15) is 5.26 Å². The van der Waals surface area contributed by atoms with Gasteiger partial charge in [-0.1, -0.05) is 19.8 Å². The molecule has 3 rings (SSSR count). The maximum Gasteiger partial charge on any atom is 0.269 e. The Morgan fingerprint density at radius 3 is 2.92 bits per heavy atom. The lowest BCUT2D eigenvalue weighted by Crippen LogP contribution is -2.27. The Bertz CT molecular complexity index is 789. The molecule has 24 heavy (non-hydrogen) atoms. The minimum absolute atomic E-state index is 0.193. The molecule has 0 radical (unpaired) electrons. The van der Waals surface area contributed by atoms with Crippen LogP contribution in [0, 0.1) is 11.3 Å². The predicted molar refractivity (Wildman–Crippen MR) is 88.5 cm³/mol. The van der Waals surface area contributed by atoms with Crippen LogP contribution in [0.5, 0.6) is 11.5 Å². The number of nitrogens with one attached hydrogen (secondary N) is 1. The van der Waals surface area contributed by atoms with Gasteiger partial charge in [-0.3, -0.25) is 4.79 Å². The second-order valence-electron chi connectivity index (χ2n) is 5.56. The highest BCUT2D eigenvalue weighted by atomic mass is 16.7. The van der Waals surface area contributed by atoms with Crippen LogP contribution < -0.4 is 14.8 Å². The summed E-state index contributed by atoms with van der Waals surface area (Å²) in [6.45, 7) is 2.91.